The molecule has 1 saturated heterocycles. The highest BCUT2D eigenvalue weighted by atomic mass is 16.3. The van der Waals surface area contributed by atoms with E-state index in [9.17, 15) is 5.11 Å². The molecule has 1 fully saturated rings. The van der Waals surface area contributed by atoms with Gasteiger partial charge in [0, 0.05) is 38.9 Å². The molecule has 122 valence electrons. The van der Waals surface area contributed by atoms with E-state index < -0.39 is 5.60 Å². The van der Waals surface area contributed by atoms with Crippen LogP contribution in [0.2, 0.25) is 0 Å². The van der Waals surface area contributed by atoms with Gasteiger partial charge in [0.05, 0.1) is 6.20 Å². The average Bonchev–Trinajstić information content (AvgIpc) is 3.19. The summed E-state index contributed by atoms with van der Waals surface area (Å²) >= 11 is 0. The number of aromatic nitrogens is 4. The summed E-state index contributed by atoms with van der Waals surface area (Å²) < 4.78 is 3.60. The molecule has 0 radical (unpaired) electrons. The fourth-order valence-corrected chi connectivity index (χ4v) is 3.05. The molecule has 1 aliphatic heterocycles. The number of aryl methyl sites for hydroxylation is 1. The fraction of sp³-hybridized carbons (Fsp3) is 0.562. The van der Waals surface area contributed by atoms with Crippen molar-refractivity contribution in [1.29, 1.82) is 5.26 Å². The van der Waals surface area contributed by atoms with Gasteiger partial charge in [0.1, 0.15) is 23.1 Å². The van der Waals surface area contributed by atoms with Crippen molar-refractivity contribution >= 4 is 0 Å². The van der Waals surface area contributed by atoms with Gasteiger partial charge < -0.3 is 9.67 Å². The molecule has 2 aromatic heterocycles. The zero-order valence-corrected chi connectivity index (χ0v) is 13.8. The van der Waals surface area contributed by atoms with E-state index in [2.05, 4.69) is 21.3 Å². The normalized spacial score (nSPS) is 21.9. The Bertz CT molecular complexity index is 740. The lowest BCUT2D eigenvalue weighted by Gasteiger charge is -2.20. The summed E-state index contributed by atoms with van der Waals surface area (Å²) in [5.74, 6) is 0. The smallest absolute Gasteiger partial charge is 0.124 e. The number of aliphatic hydroxyl groups is 1. The van der Waals surface area contributed by atoms with Gasteiger partial charge in [0.15, 0.2) is 0 Å². The lowest BCUT2D eigenvalue weighted by molar-refractivity contribution is 0.0408. The van der Waals surface area contributed by atoms with Crippen molar-refractivity contribution in [2.24, 2.45) is 7.05 Å². The van der Waals surface area contributed by atoms with Crippen molar-refractivity contribution in [1.82, 2.24) is 24.5 Å². The zero-order valence-electron chi connectivity index (χ0n) is 13.8. The first kappa shape index (κ1) is 15.7. The predicted octanol–water partition coefficient (Wildman–Crippen LogP) is 1.16. The van der Waals surface area contributed by atoms with Crippen molar-refractivity contribution in [3.8, 4) is 6.07 Å². The summed E-state index contributed by atoms with van der Waals surface area (Å²) in [7, 11) is 1.87. The van der Waals surface area contributed by atoms with E-state index in [1.807, 2.05) is 43.9 Å². The van der Waals surface area contributed by atoms with Gasteiger partial charge in [-0.2, -0.15) is 5.26 Å². The maximum Gasteiger partial charge on any atom is 0.124 e. The highest BCUT2D eigenvalue weighted by Gasteiger charge is 2.40. The molecule has 23 heavy (non-hydrogen) atoms. The molecule has 0 saturated carbocycles. The third-order valence-electron chi connectivity index (χ3n) is 4.43. The minimum Gasteiger partial charge on any atom is -0.382 e. The molecule has 7 nitrogen and oxygen atoms in total. The van der Waals surface area contributed by atoms with Gasteiger partial charge in [-0.3, -0.25) is 4.90 Å². The highest BCUT2D eigenvalue weighted by molar-refractivity contribution is 5.28. The van der Waals surface area contributed by atoms with Gasteiger partial charge in [-0.25, -0.2) is 4.68 Å². The van der Waals surface area contributed by atoms with E-state index in [1.165, 1.54) is 0 Å². The number of hydrogen-bond acceptors (Lipinski definition) is 5. The third-order valence-corrected chi connectivity index (χ3v) is 4.43. The van der Waals surface area contributed by atoms with E-state index in [0.29, 0.717) is 24.4 Å². The Balaban J connectivity index is 1.70. The SMILES string of the molecule is CC(C)n1cc([C@@]2(O)CCN(Cc3cc(C#N)n(C)c3)C2)nn1. The lowest BCUT2D eigenvalue weighted by atomic mass is 10.00. The minimum absolute atomic E-state index is 0.228. The molecular formula is C16H22N6O. The van der Waals surface area contributed by atoms with Crippen LogP contribution in [0, 0.1) is 11.3 Å². The molecule has 0 amide bonds. The molecule has 3 heterocycles. The minimum atomic E-state index is -0.944. The topological polar surface area (TPSA) is 82.9 Å². The number of nitrogens with zero attached hydrogens (tertiary/aromatic N) is 6. The molecule has 0 aromatic carbocycles. The second-order valence-electron chi connectivity index (χ2n) is 6.63. The lowest BCUT2D eigenvalue weighted by Crippen LogP contribution is -2.31. The van der Waals surface area contributed by atoms with Crippen LogP contribution in [0.5, 0.6) is 0 Å². The summed E-state index contributed by atoms with van der Waals surface area (Å²) in [4.78, 5) is 2.19. The summed E-state index contributed by atoms with van der Waals surface area (Å²) in [6.45, 7) is 6.11. The molecule has 0 spiro atoms. The van der Waals surface area contributed by atoms with Crippen molar-refractivity contribution in [2.75, 3.05) is 13.1 Å². The first-order valence-electron chi connectivity index (χ1n) is 7.83. The van der Waals surface area contributed by atoms with Crippen LogP contribution in [0.3, 0.4) is 0 Å². The molecule has 2 aromatic rings. The van der Waals surface area contributed by atoms with E-state index >= 15 is 0 Å². The van der Waals surface area contributed by atoms with Gasteiger partial charge in [-0.15, -0.1) is 5.10 Å². The fourth-order valence-electron chi connectivity index (χ4n) is 3.05. The summed E-state index contributed by atoms with van der Waals surface area (Å²) in [5, 5.41) is 28.2. The number of hydrogen-bond donors (Lipinski definition) is 1. The standard InChI is InChI=1S/C16H22N6O/c1-12(2)22-10-15(18-19-22)16(23)4-5-21(11-16)9-13-6-14(7-17)20(3)8-13/h6,8,10,12,23H,4-5,9,11H2,1-3H3/t16-/m1/s1. The van der Waals surface area contributed by atoms with Crippen molar-refractivity contribution in [3.05, 3.63) is 35.4 Å². The van der Waals surface area contributed by atoms with Crippen molar-refractivity contribution in [3.63, 3.8) is 0 Å². The monoisotopic (exact) mass is 314 g/mol. The van der Waals surface area contributed by atoms with Crippen LogP contribution in [-0.4, -0.2) is 42.7 Å². The van der Waals surface area contributed by atoms with E-state index in [0.717, 1.165) is 18.7 Å². The first-order valence-corrected chi connectivity index (χ1v) is 7.83. The second-order valence-corrected chi connectivity index (χ2v) is 6.63. The molecular weight excluding hydrogens is 292 g/mol. The van der Waals surface area contributed by atoms with Crippen LogP contribution in [-0.2, 0) is 19.2 Å². The molecule has 0 unspecified atom stereocenters. The van der Waals surface area contributed by atoms with Crippen molar-refractivity contribution in [2.45, 2.75) is 38.5 Å². The van der Waals surface area contributed by atoms with Gasteiger partial charge in [0.2, 0.25) is 0 Å². The zero-order chi connectivity index (χ0) is 16.6. The Kier molecular flexibility index (Phi) is 3.96. The molecule has 0 aliphatic carbocycles. The molecule has 0 bridgehead atoms. The largest absolute Gasteiger partial charge is 0.382 e. The molecule has 1 aliphatic rings. The Labute approximate surface area is 135 Å². The third kappa shape index (κ3) is 3.00. The van der Waals surface area contributed by atoms with E-state index in [1.54, 1.807) is 4.68 Å². The summed E-state index contributed by atoms with van der Waals surface area (Å²) in [6.07, 6.45) is 4.44. The van der Waals surface area contributed by atoms with Gasteiger partial charge in [-0.1, -0.05) is 5.21 Å². The number of rotatable bonds is 4. The Morgan fingerprint density at radius 1 is 1.43 bits per heavy atom. The van der Waals surface area contributed by atoms with Crippen molar-refractivity contribution < 1.29 is 5.11 Å². The van der Waals surface area contributed by atoms with Crippen LogP contribution in [0.25, 0.3) is 0 Å². The molecule has 1 atom stereocenters. The summed E-state index contributed by atoms with van der Waals surface area (Å²) in [6, 6.07) is 4.29. The molecule has 3 rings (SSSR count). The molecule has 7 heteroatoms. The second kappa shape index (κ2) is 5.80. The van der Waals surface area contributed by atoms with Crippen LogP contribution in [0.4, 0.5) is 0 Å². The number of nitriles is 1. The first-order chi connectivity index (χ1) is 10.9. The maximum atomic E-state index is 10.9. The van der Waals surface area contributed by atoms with Crippen LogP contribution in [0.1, 0.15) is 43.3 Å². The van der Waals surface area contributed by atoms with Crippen LogP contribution >= 0.6 is 0 Å². The molecule has 1 N–H and O–H groups in total. The van der Waals surface area contributed by atoms with E-state index in [4.69, 9.17) is 5.26 Å². The Hall–Kier alpha value is -2.17. The Morgan fingerprint density at radius 3 is 2.83 bits per heavy atom. The summed E-state index contributed by atoms with van der Waals surface area (Å²) in [5.41, 5.74) is 1.42. The van der Waals surface area contributed by atoms with E-state index in [-0.39, 0.29) is 6.04 Å². The highest BCUT2D eigenvalue weighted by Crippen LogP contribution is 2.31. The number of β-amino-alcohol motifs (C(OH)–C–C–N with tert-alkyl or cyclic N) is 1. The predicted molar refractivity (Wildman–Crippen MR) is 84.3 cm³/mol. The quantitative estimate of drug-likeness (QED) is 0.916. The van der Waals surface area contributed by atoms with Gasteiger partial charge in [0.25, 0.3) is 0 Å². The number of likely N-dealkylation sites (tertiary alicyclic amines) is 1. The Morgan fingerprint density at radius 2 is 2.22 bits per heavy atom. The maximum absolute atomic E-state index is 10.9. The van der Waals surface area contributed by atoms with Gasteiger partial charge in [-0.05, 0) is 31.9 Å². The average molecular weight is 314 g/mol. The van der Waals surface area contributed by atoms with Crippen LogP contribution in [0.15, 0.2) is 18.5 Å². The van der Waals surface area contributed by atoms with Gasteiger partial charge >= 0.3 is 0 Å². The van der Waals surface area contributed by atoms with Crippen LogP contribution < -0.4 is 0 Å².